The van der Waals surface area contributed by atoms with Crippen LogP contribution in [0.5, 0.6) is 0 Å². The van der Waals surface area contributed by atoms with Crippen molar-refractivity contribution in [2.75, 3.05) is 5.73 Å². The third-order valence-corrected chi connectivity index (χ3v) is 9.30. The monoisotopic (exact) mass is 2660 g/mol. The van der Waals surface area contributed by atoms with E-state index in [9.17, 15) is 0 Å². The number of rotatable bonds is 7. The molecule has 18 heteroatoms. The molecule has 4 aromatic carbocycles. The molecule has 1 atom stereocenters. The molecule has 0 aliphatic heterocycles. The number of benzene rings is 4. The van der Waals surface area contributed by atoms with Crippen LogP contribution in [0.15, 0.2) is 97.3 Å². The van der Waals surface area contributed by atoms with Crippen LogP contribution in [0.3, 0.4) is 0 Å². The van der Waals surface area contributed by atoms with Gasteiger partial charge in [-0.25, -0.2) is 19.9 Å². The number of alkyl halides is 1. The van der Waals surface area contributed by atoms with Gasteiger partial charge in [0.15, 0.2) is 0 Å². The minimum atomic E-state index is 0. The predicted octanol–water partition coefficient (Wildman–Crippen LogP) is 10.1. The second-order valence-electron chi connectivity index (χ2n) is 13.0. The summed E-state index contributed by atoms with van der Waals surface area (Å²) in [7, 11) is 0. The summed E-state index contributed by atoms with van der Waals surface area (Å²) in [5.74, 6) is 1.61. The van der Waals surface area contributed by atoms with Crippen molar-refractivity contribution in [3.63, 3.8) is 0 Å². The standard InChI is InChI=1S/C21H18N3.C13H11N3.C8H10N.C4H9I.10W/c1-15-4-3-5-16(2)20(15)13-19-10-11-23-21(24-19)12-17-6-8-18(14-22)9-7-17;1-10-6-7-15-13(16-10)8-11-2-4-12(9-14)5-3-11;1-6-4-3-5-7(2)8(6)9;1-3-4(2)5;;;;;;;;;;/h4-11H,12-13H2,1-2H3;2-7H,8H2,1H3;4-5H,9H2,1-2H3;4H,3H2,1-2H3;;;;;;;;;;/q-1;;-1;;;;;;;;;;;. The zero-order valence-corrected chi connectivity index (χ0v) is 67.9. The van der Waals surface area contributed by atoms with Crippen LogP contribution in [0.1, 0.15) is 93.4 Å². The first-order valence-corrected chi connectivity index (χ1v) is 19.1. The molecular formula is C46H48IN7W10-2. The third kappa shape index (κ3) is 32.3. The molecule has 64 heavy (non-hydrogen) atoms. The van der Waals surface area contributed by atoms with E-state index in [0.717, 1.165) is 61.3 Å². The van der Waals surface area contributed by atoms with Crippen molar-refractivity contribution < 1.29 is 211 Å². The van der Waals surface area contributed by atoms with Gasteiger partial charge >= 0.3 is 0 Å². The number of nitrogen functional groups attached to an aromatic ring is 1. The normalized spacial score (nSPS) is 8.84. The molecule has 6 rings (SSSR count). The third-order valence-electron chi connectivity index (χ3n) is 8.42. The first-order chi connectivity index (χ1) is 25.9. The Morgan fingerprint density at radius 3 is 1.27 bits per heavy atom. The molecule has 0 aliphatic carbocycles. The minimum Gasteiger partial charge on any atom is -0.419 e. The van der Waals surface area contributed by atoms with Crippen molar-refractivity contribution >= 4 is 28.3 Å². The molecule has 0 fully saturated rings. The zero-order chi connectivity index (χ0) is 39.5. The summed E-state index contributed by atoms with van der Waals surface area (Å²) in [6.45, 7) is 14.5. The Labute approximate surface area is 539 Å². The van der Waals surface area contributed by atoms with E-state index in [1.807, 2.05) is 112 Å². The molecule has 7 nitrogen and oxygen atoms in total. The summed E-state index contributed by atoms with van der Waals surface area (Å²) in [5.41, 5.74) is 18.1. The molecule has 0 saturated heterocycles. The first-order valence-electron chi connectivity index (χ1n) is 17.8. The van der Waals surface area contributed by atoms with Gasteiger partial charge in [-0.1, -0.05) is 94.1 Å². The maximum absolute atomic E-state index is 8.86. The topological polar surface area (TPSA) is 125 Å². The molecule has 0 spiro atoms. The molecule has 6 aromatic rings. The van der Waals surface area contributed by atoms with Crippen LogP contribution in [0, 0.1) is 69.4 Å². The second-order valence-corrected chi connectivity index (χ2v) is 15.1. The largest absolute Gasteiger partial charge is 0.419 e. The van der Waals surface area contributed by atoms with Crippen molar-refractivity contribution in [2.45, 2.75) is 78.1 Å². The Kier molecular flexibility index (Phi) is 60.2. The number of nitrogens with two attached hydrogens (primary N) is 1. The van der Waals surface area contributed by atoms with Crippen LogP contribution in [0.25, 0.3) is 0 Å². The van der Waals surface area contributed by atoms with Crippen LogP contribution < -0.4 is 5.73 Å². The summed E-state index contributed by atoms with van der Waals surface area (Å²) in [6, 6.07) is 37.1. The number of aryl methyl sites for hydroxylation is 5. The van der Waals surface area contributed by atoms with Gasteiger partial charge in [-0.3, -0.25) is 0 Å². The van der Waals surface area contributed by atoms with Gasteiger partial charge < -0.3 is 5.73 Å². The van der Waals surface area contributed by atoms with Crippen LogP contribution in [0.4, 0.5) is 5.69 Å². The Hall–Kier alpha value is 1.43. The van der Waals surface area contributed by atoms with Crippen LogP contribution >= 0.6 is 22.6 Å². The quantitative estimate of drug-likeness (QED) is 0.0731. The molecule has 2 aromatic heterocycles. The second kappa shape index (κ2) is 46.8. The minimum absolute atomic E-state index is 0. The van der Waals surface area contributed by atoms with E-state index in [0.29, 0.717) is 24.0 Å². The van der Waals surface area contributed by atoms with Crippen LogP contribution in [0.2, 0.25) is 0 Å². The maximum atomic E-state index is 8.86. The van der Waals surface area contributed by atoms with Crippen molar-refractivity contribution in [3.8, 4) is 12.1 Å². The fourth-order valence-electron chi connectivity index (χ4n) is 4.97. The number of nitriles is 2. The average molecular weight is 2660 g/mol. The molecule has 0 bridgehead atoms. The molecular weight excluding hydrogens is 2620 g/mol. The number of anilines is 1. The predicted molar refractivity (Wildman–Crippen MR) is 227 cm³/mol. The summed E-state index contributed by atoms with van der Waals surface area (Å²) < 4.78 is 0.854. The first kappa shape index (κ1) is 82.4. The Balaban J connectivity index is -0.000000115. The van der Waals surface area contributed by atoms with E-state index in [2.05, 4.69) is 89.5 Å². The Morgan fingerprint density at radius 2 is 0.922 bits per heavy atom. The van der Waals surface area contributed by atoms with E-state index in [1.165, 1.54) is 23.1 Å². The Morgan fingerprint density at radius 1 is 0.562 bits per heavy atom. The fraction of sp³-hybridized carbons (Fsp3) is 0.261. The van der Waals surface area contributed by atoms with E-state index in [4.69, 9.17) is 21.2 Å². The molecule has 336 valence electrons. The van der Waals surface area contributed by atoms with Gasteiger partial charge in [0.1, 0.15) is 11.6 Å². The van der Waals surface area contributed by atoms with Gasteiger partial charge in [-0.05, 0) is 67.3 Å². The van der Waals surface area contributed by atoms with Gasteiger partial charge in [-0.15, -0.1) is 16.7 Å². The average Bonchev–Trinajstić information content (AvgIpc) is 3.17. The zero-order valence-electron chi connectivity index (χ0n) is 36.4. The van der Waals surface area contributed by atoms with Crippen molar-refractivity contribution in [2.24, 2.45) is 0 Å². The Bertz CT molecular complexity index is 2150. The number of halogens is 1. The van der Waals surface area contributed by atoms with Gasteiger partial charge in [-0.2, -0.15) is 58.0 Å². The van der Waals surface area contributed by atoms with Gasteiger partial charge in [0.2, 0.25) is 0 Å². The van der Waals surface area contributed by atoms with Crippen molar-refractivity contribution in [1.29, 1.82) is 10.5 Å². The molecule has 1 unspecified atom stereocenters. The number of hydrogen-bond acceptors (Lipinski definition) is 7. The smallest absolute Gasteiger partial charge is 0.132 e. The van der Waals surface area contributed by atoms with E-state index in [1.54, 1.807) is 6.20 Å². The van der Waals surface area contributed by atoms with Crippen LogP contribution in [-0.4, -0.2) is 23.9 Å². The number of aromatic nitrogens is 4. The van der Waals surface area contributed by atoms with E-state index >= 15 is 0 Å². The van der Waals surface area contributed by atoms with Crippen molar-refractivity contribution in [3.05, 3.63) is 183 Å². The fourth-order valence-corrected chi connectivity index (χ4v) is 4.97. The SMILES string of the molecule is CCC(C)I.Cc1c[c-]cc(C)c1Cc1ccnc(Cc2ccc(C#N)cc2)n1.Cc1c[c-]cc(C)c1N.Cc1ccnc(Cc2ccc(C#N)cc2)n1.[W].[W].[W].[W].[W].[W].[W].[W].[W].[W]. The number of hydrogen-bond donors (Lipinski definition) is 1. The molecule has 0 amide bonds. The summed E-state index contributed by atoms with van der Waals surface area (Å²) in [4.78, 5) is 17.6. The molecule has 2 N–H and O–H groups in total. The van der Waals surface area contributed by atoms with Crippen molar-refractivity contribution in [1.82, 2.24) is 19.9 Å². The molecule has 0 aliphatic rings. The van der Waals surface area contributed by atoms with E-state index in [-0.39, 0.29) is 211 Å². The summed E-state index contributed by atoms with van der Waals surface area (Å²) in [5, 5.41) is 17.5. The van der Waals surface area contributed by atoms with Crippen LogP contribution in [-0.2, 0) is 230 Å². The maximum Gasteiger partial charge on any atom is 0.132 e. The number of nitrogens with zero attached hydrogens (tertiary/aromatic N) is 6. The van der Waals surface area contributed by atoms with Gasteiger partial charge in [0.05, 0.1) is 23.3 Å². The summed E-state index contributed by atoms with van der Waals surface area (Å²) >= 11 is 2.41. The summed E-state index contributed by atoms with van der Waals surface area (Å²) in [6.07, 6.45) is 7.05. The van der Waals surface area contributed by atoms with Gasteiger partial charge in [0.25, 0.3) is 0 Å². The molecule has 0 radical (unpaired) electrons. The molecule has 2 heterocycles. The molecule has 0 saturated carbocycles. The van der Waals surface area contributed by atoms with Gasteiger partial charge in [0, 0.05) is 251 Å². The van der Waals surface area contributed by atoms with E-state index < -0.39 is 0 Å².